The molecule has 3 N–H and O–H groups in total. The molecule has 20 heavy (non-hydrogen) atoms. The first kappa shape index (κ1) is 14.8. The van der Waals surface area contributed by atoms with Crippen LogP contribution < -0.4 is 15.8 Å². The van der Waals surface area contributed by atoms with Gasteiger partial charge < -0.3 is 15.8 Å². The minimum absolute atomic E-state index is 0.0837. The molecule has 2 rings (SSSR count). The predicted octanol–water partition coefficient (Wildman–Crippen LogP) is 4.76. The average Bonchev–Trinajstić information content (AvgIpc) is 2.44. The van der Waals surface area contributed by atoms with Gasteiger partial charge in [-0.15, -0.1) is 0 Å². The lowest BCUT2D eigenvalue weighted by Crippen LogP contribution is -2.08. The fourth-order valence-electron chi connectivity index (χ4n) is 1.90. The fourth-order valence-corrected chi connectivity index (χ4v) is 2.23. The number of rotatable bonds is 4. The number of benzene rings is 2. The van der Waals surface area contributed by atoms with Gasteiger partial charge in [0, 0.05) is 6.04 Å². The van der Waals surface area contributed by atoms with Gasteiger partial charge in [-0.2, -0.15) is 0 Å². The minimum atomic E-state index is 0.0837. The zero-order chi connectivity index (χ0) is 14.7. The molecule has 106 valence electrons. The number of methoxy groups -OCH3 is 1. The number of nitrogens with one attached hydrogen (secondary N) is 1. The van der Waals surface area contributed by atoms with Gasteiger partial charge in [0.15, 0.2) is 0 Å². The standard InChI is InChI=1S/C15H16Cl2N2O/c1-9(10-3-5-11(20-2)6-4-10)19-15-8-13(17)12(16)7-14(15)18/h3-9,19H,18H2,1-2H3. The molecular formula is C15H16Cl2N2O. The molecule has 0 radical (unpaired) electrons. The maximum Gasteiger partial charge on any atom is 0.118 e. The Labute approximate surface area is 128 Å². The maximum absolute atomic E-state index is 6.01. The Morgan fingerprint density at radius 1 is 1.10 bits per heavy atom. The van der Waals surface area contributed by atoms with E-state index in [4.69, 9.17) is 33.7 Å². The molecule has 0 saturated heterocycles. The summed E-state index contributed by atoms with van der Waals surface area (Å²) in [4.78, 5) is 0. The van der Waals surface area contributed by atoms with Crippen LogP contribution in [0.2, 0.25) is 10.0 Å². The molecule has 0 aliphatic rings. The average molecular weight is 311 g/mol. The molecule has 0 aliphatic heterocycles. The predicted molar refractivity (Wildman–Crippen MR) is 85.9 cm³/mol. The number of hydrogen-bond acceptors (Lipinski definition) is 3. The van der Waals surface area contributed by atoms with Crippen LogP contribution in [0.4, 0.5) is 11.4 Å². The Morgan fingerprint density at radius 2 is 1.70 bits per heavy atom. The van der Waals surface area contributed by atoms with Crippen molar-refractivity contribution in [2.24, 2.45) is 0 Å². The Kier molecular flexibility index (Phi) is 4.63. The number of ether oxygens (including phenoxy) is 1. The molecule has 0 bridgehead atoms. The van der Waals surface area contributed by atoms with Gasteiger partial charge >= 0.3 is 0 Å². The van der Waals surface area contributed by atoms with Crippen molar-refractivity contribution >= 4 is 34.6 Å². The molecule has 5 heteroatoms. The molecule has 0 saturated carbocycles. The summed E-state index contributed by atoms with van der Waals surface area (Å²) in [5.41, 5.74) is 8.39. The maximum atomic E-state index is 6.01. The Bertz CT molecular complexity index is 600. The SMILES string of the molecule is COc1ccc(C(C)Nc2cc(Cl)c(Cl)cc2N)cc1. The van der Waals surface area contributed by atoms with Crippen LogP contribution in [-0.4, -0.2) is 7.11 Å². The first-order chi connectivity index (χ1) is 9.51. The van der Waals surface area contributed by atoms with Crippen molar-refractivity contribution in [1.29, 1.82) is 0 Å². The Balaban J connectivity index is 2.18. The van der Waals surface area contributed by atoms with Crippen molar-refractivity contribution in [3.05, 3.63) is 52.0 Å². The summed E-state index contributed by atoms with van der Waals surface area (Å²) in [6.45, 7) is 2.05. The van der Waals surface area contributed by atoms with Crippen LogP contribution in [0.15, 0.2) is 36.4 Å². The highest BCUT2D eigenvalue weighted by molar-refractivity contribution is 6.42. The van der Waals surface area contributed by atoms with Crippen LogP contribution in [0.5, 0.6) is 5.75 Å². The molecule has 0 aliphatic carbocycles. The molecule has 1 atom stereocenters. The summed E-state index contributed by atoms with van der Waals surface area (Å²) in [6.07, 6.45) is 0. The van der Waals surface area contributed by atoms with Crippen molar-refractivity contribution < 1.29 is 4.74 Å². The summed E-state index contributed by atoms with van der Waals surface area (Å²) in [5, 5.41) is 4.25. The Hall–Kier alpha value is -1.58. The van der Waals surface area contributed by atoms with Gasteiger partial charge in [0.2, 0.25) is 0 Å². The van der Waals surface area contributed by atoms with E-state index in [0.717, 1.165) is 17.0 Å². The van der Waals surface area contributed by atoms with E-state index < -0.39 is 0 Å². The third kappa shape index (κ3) is 3.30. The molecule has 0 amide bonds. The summed E-state index contributed by atoms with van der Waals surface area (Å²) in [6, 6.07) is 11.3. The summed E-state index contributed by atoms with van der Waals surface area (Å²) in [7, 11) is 1.65. The second-order valence-electron chi connectivity index (χ2n) is 4.49. The molecular weight excluding hydrogens is 295 g/mol. The quantitative estimate of drug-likeness (QED) is 0.801. The lowest BCUT2D eigenvalue weighted by Gasteiger charge is -2.18. The van der Waals surface area contributed by atoms with Crippen molar-refractivity contribution in [3.8, 4) is 5.75 Å². The van der Waals surface area contributed by atoms with Crippen LogP contribution in [0.25, 0.3) is 0 Å². The van der Waals surface area contributed by atoms with Gasteiger partial charge in [-0.1, -0.05) is 35.3 Å². The van der Waals surface area contributed by atoms with Gasteiger partial charge in [-0.3, -0.25) is 0 Å². The third-order valence-corrected chi connectivity index (χ3v) is 3.80. The lowest BCUT2D eigenvalue weighted by atomic mass is 10.1. The van der Waals surface area contributed by atoms with Crippen LogP contribution in [0, 0.1) is 0 Å². The lowest BCUT2D eigenvalue weighted by molar-refractivity contribution is 0.414. The zero-order valence-electron chi connectivity index (χ0n) is 11.3. The van der Waals surface area contributed by atoms with Crippen molar-refractivity contribution in [2.45, 2.75) is 13.0 Å². The number of anilines is 2. The topological polar surface area (TPSA) is 47.3 Å². The second-order valence-corrected chi connectivity index (χ2v) is 5.31. The number of nitrogen functional groups attached to an aromatic ring is 1. The van der Waals surface area contributed by atoms with E-state index in [2.05, 4.69) is 5.32 Å². The van der Waals surface area contributed by atoms with Crippen molar-refractivity contribution in [1.82, 2.24) is 0 Å². The zero-order valence-corrected chi connectivity index (χ0v) is 12.8. The monoisotopic (exact) mass is 310 g/mol. The summed E-state index contributed by atoms with van der Waals surface area (Å²) >= 11 is 11.9. The van der Waals surface area contributed by atoms with Gasteiger partial charge in [-0.05, 0) is 36.8 Å². The van der Waals surface area contributed by atoms with Crippen LogP contribution in [-0.2, 0) is 0 Å². The molecule has 1 unspecified atom stereocenters. The normalized spacial score (nSPS) is 12.0. The number of nitrogens with two attached hydrogens (primary N) is 1. The van der Waals surface area contributed by atoms with E-state index in [9.17, 15) is 0 Å². The van der Waals surface area contributed by atoms with Gasteiger partial charge in [0.05, 0.1) is 28.5 Å². The largest absolute Gasteiger partial charge is 0.497 e. The first-order valence-electron chi connectivity index (χ1n) is 6.16. The third-order valence-electron chi connectivity index (χ3n) is 3.08. The molecule has 0 fully saturated rings. The summed E-state index contributed by atoms with van der Waals surface area (Å²) < 4.78 is 5.14. The fraction of sp³-hybridized carbons (Fsp3) is 0.200. The molecule has 0 spiro atoms. The molecule has 0 heterocycles. The number of halogens is 2. The van der Waals surface area contributed by atoms with Crippen LogP contribution in [0.1, 0.15) is 18.5 Å². The van der Waals surface area contributed by atoms with E-state index in [-0.39, 0.29) is 6.04 Å². The van der Waals surface area contributed by atoms with E-state index in [1.807, 2.05) is 31.2 Å². The van der Waals surface area contributed by atoms with Gasteiger partial charge in [-0.25, -0.2) is 0 Å². The van der Waals surface area contributed by atoms with Gasteiger partial charge in [0.1, 0.15) is 5.75 Å². The number of hydrogen-bond donors (Lipinski definition) is 2. The molecule has 2 aromatic carbocycles. The van der Waals surface area contributed by atoms with Crippen molar-refractivity contribution in [3.63, 3.8) is 0 Å². The first-order valence-corrected chi connectivity index (χ1v) is 6.92. The van der Waals surface area contributed by atoms with Crippen molar-refractivity contribution in [2.75, 3.05) is 18.2 Å². The van der Waals surface area contributed by atoms with E-state index >= 15 is 0 Å². The van der Waals surface area contributed by atoms with E-state index in [1.165, 1.54) is 0 Å². The highest BCUT2D eigenvalue weighted by atomic mass is 35.5. The second kappa shape index (κ2) is 6.25. The van der Waals surface area contributed by atoms with Gasteiger partial charge in [0.25, 0.3) is 0 Å². The van der Waals surface area contributed by atoms with Crippen LogP contribution >= 0.6 is 23.2 Å². The highest BCUT2D eigenvalue weighted by Crippen LogP contribution is 2.32. The highest BCUT2D eigenvalue weighted by Gasteiger charge is 2.10. The van der Waals surface area contributed by atoms with E-state index in [0.29, 0.717) is 15.7 Å². The minimum Gasteiger partial charge on any atom is -0.497 e. The van der Waals surface area contributed by atoms with Crippen LogP contribution in [0.3, 0.4) is 0 Å². The van der Waals surface area contributed by atoms with E-state index in [1.54, 1.807) is 19.2 Å². The Morgan fingerprint density at radius 3 is 2.30 bits per heavy atom. The molecule has 3 nitrogen and oxygen atoms in total. The smallest absolute Gasteiger partial charge is 0.118 e. The molecule has 2 aromatic rings. The summed E-state index contributed by atoms with van der Waals surface area (Å²) in [5.74, 6) is 0.829. The molecule has 0 aromatic heterocycles.